The molecule has 1 heterocycles. The molecular formula is C10H12N2. The molecule has 1 aromatic heterocycles. The van der Waals surface area contributed by atoms with E-state index in [1.54, 1.807) is 12.4 Å². The van der Waals surface area contributed by atoms with Crippen molar-refractivity contribution < 1.29 is 0 Å². The van der Waals surface area contributed by atoms with Crippen LogP contribution in [0.5, 0.6) is 0 Å². The highest BCUT2D eigenvalue weighted by molar-refractivity contribution is 5.42. The Kier molecular flexibility index (Phi) is 1.68. The molecule has 0 bridgehead atoms. The Labute approximate surface area is 72.4 Å². The molecule has 2 unspecified atom stereocenters. The Balaban J connectivity index is 2.27. The van der Waals surface area contributed by atoms with E-state index in [0.29, 0.717) is 5.92 Å². The summed E-state index contributed by atoms with van der Waals surface area (Å²) in [5.41, 5.74) is 2.10. The highest BCUT2D eigenvalue weighted by Gasteiger charge is 2.35. The van der Waals surface area contributed by atoms with Crippen LogP contribution in [0.3, 0.4) is 0 Å². The third kappa shape index (κ3) is 1.24. The quantitative estimate of drug-likeness (QED) is 0.663. The summed E-state index contributed by atoms with van der Waals surface area (Å²) in [5, 5.41) is 0. The lowest BCUT2D eigenvalue weighted by Gasteiger charge is -1.97. The van der Waals surface area contributed by atoms with Crippen molar-refractivity contribution in [2.24, 2.45) is 5.92 Å². The second kappa shape index (κ2) is 2.70. The highest BCUT2D eigenvalue weighted by atomic mass is 14.8. The van der Waals surface area contributed by atoms with Gasteiger partial charge in [0, 0.05) is 11.6 Å². The van der Waals surface area contributed by atoms with Crippen LogP contribution in [0.15, 0.2) is 19.0 Å². The van der Waals surface area contributed by atoms with Crippen LogP contribution in [0.25, 0.3) is 6.08 Å². The fraction of sp³-hybridized carbons (Fsp3) is 0.400. The van der Waals surface area contributed by atoms with Gasteiger partial charge in [0.15, 0.2) is 0 Å². The summed E-state index contributed by atoms with van der Waals surface area (Å²) in [4.78, 5) is 8.30. The van der Waals surface area contributed by atoms with E-state index in [2.05, 4.69) is 23.5 Å². The van der Waals surface area contributed by atoms with Crippen molar-refractivity contribution in [1.82, 2.24) is 9.97 Å². The molecule has 2 nitrogen and oxygen atoms in total. The molecule has 0 saturated heterocycles. The zero-order valence-electron chi connectivity index (χ0n) is 7.20. The molecule has 0 N–H and O–H groups in total. The topological polar surface area (TPSA) is 25.8 Å². The van der Waals surface area contributed by atoms with E-state index in [0.717, 1.165) is 11.6 Å². The van der Waals surface area contributed by atoms with Crippen molar-refractivity contribution in [3.05, 3.63) is 30.4 Å². The minimum absolute atomic E-state index is 0.673. The SMILES string of the molecule is C=Cc1cc(C2CC2C)ncn1. The van der Waals surface area contributed by atoms with Crippen LogP contribution >= 0.6 is 0 Å². The first-order valence-electron chi connectivity index (χ1n) is 4.25. The summed E-state index contributed by atoms with van der Waals surface area (Å²) in [6.07, 6.45) is 4.66. The van der Waals surface area contributed by atoms with Crippen molar-refractivity contribution in [3.63, 3.8) is 0 Å². The fourth-order valence-electron chi connectivity index (χ4n) is 1.44. The molecule has 2 heteroatoms. The highest BCUT2D eigenvalue weighted by Crippen LogP contribution is 2.45. The van der Waals surface area contributed by atoms with Gasteiger partial charge < -0.3 is 0 Å². The first-order valence-corrected chi connectivity index (χ1v) is 4.25. The second-order valence-corrected chi connectivity index (χ2v) is 3.39. The van der Waals surface area contributed by atoms with Crippen LogP contribution in [-0.4, -0.2) is 9.97 Å². The second-order valence-electron chi connectivity index (χ2n) is 3.39. The van der Waals surface area contributed by atoms with Gasteiger partial charge >= 0.3 is 0 Å². The van der Waals surface area contributed by atoms with Crippen LogP contribution in [0.2, 0.25) is 0 Å². The average Bonchev–Trinajstić information content (AvgIpc) is 2.83. The number of nitrogens with zero attached hydrogens (tertiary/aromatic N) is 2. The van der Waals surface area contributed by atoms with E-state index in [4.69, 9.17) is 0 Å². The summed E-state index contributed by atoms with van der Waals surface area (Å²) >= 11 is 0. The number of hydrogen-bond acceptors (Lipinski definition) is 2. The van der Waals surface area contributed by atoms with E-state index < -0.39 is 0 Å². The Bertz CT molecular complexity index is 306. The average molecular weight is 160 g/mol. The van der Waals surface area contributed by atoms with E-state index in [1.165, 1.54) is 12.1 Å². The number of rotatable bonds is 2. The molecule has 62 valence electrons. The normalized spacial score (nSPS) is 26.8. The largest absolute Gasteiger partial charge is 0.241 e. The standard InChI is InChI=1S/C10H12N2/c1-3-8-5-10(12-6-11-8)9-4-7(9)2/h3,5-7,9H,1,4H2,2H3. The summed E-state index contributed by atoms with van der Waals surface area (Å²) in [5.74, 6) is 1.48. The Morgan fingerprint density at radius 1 is 1.58 bits per heavy atom. The Hall–Kier alpha value is -1.18. The predicted molar refractivity (Wildman–Crippen MR) is 48.6 cm³/mol. The fourth-order valence-corrected chi connectivity index (χ4v) is 1.44. The molecule has 0 spiro atoms. The number of aromatic nitrogens is 2. The lowest BCUT2D eigenvalue weighted by Crippen LogP contribution is -1.90. The van der Waals surface area contributed by atoms with Gasteiger partial charge in [-0.15, -0.1) is 0 Å². The van der Waals surface area contributed by atoms with Gasteiger partial charge in [-0.3, -0.25) is 0 Å². The molecule has 1 aliphatic rings. The molecule has 12 heavy (non-hydrogen) atoms. The van der Waals surface area contributed by atoms with Gasteiger partial charge in [-0.2, -0.15) is 0 Å². The smallest absolute Gasteiger partial charge is 0.116 e. The summed E-state index contributed by atoms with van der Waals surface area (Å²) in [7, 11) is 0. The molecule has 0 aromatic carbocycles. The van der Waals surface area contributed by atoms with Gasteiger partial charge in [-0.1, -0.05) is 13.5 Å². The summed E-state index contributed by atoms with van der Waals surface area (Å²) < 4.78 is 0. The van der Waals surface area contributed by atoms with Crippen molar-refractivity contribution >= 4 is 6.08 Å². The third-order valence-corrected chi connectivity index (χ3v) is 2.41. The van der Waals surface area contributed by atoms with Gasteiger partial charge in [-0.25, -0.2) is 9.97 Å². The molecule has 1 aromatic rings. The number of hydrogen-bond donors (Lipinski definition) is 0. The molecular weight excluding hydrogens is 148 g/mol. The van der Waals surface area contributed by atoms with Crippen molar-refractivity contribution in [2.75, 3.05) is 0 Å². The zero-order chi connectivity index (χ0) is 8.55. The first kappa shape index (κ1) is 7.47. The third-order valence-electron chi connectivity index (χ3n) is 2.41. The molecule has 2 atom stereocenters. The Morgan fingerprint density at radius 3 is 2.92 bits per heavy atom. The molecule has 1 saturated carbocycles. The minimum Gasteiger partial charge on any atom is -0.241 e. The van der Waals surface area contributed by atoms with Gasteiger partial charge in [0.1, 0.15) is 6.33 Å². The minimum atomic E-state index is 0.673. The monoisotopic (exact) mass is 160 g/mol. The van der Waals surface area contributed by atoms with Crippen LogP contribution in [0.1, 0.15) is 30.7 Å². The van der Waals surface area contributed by atoms with Crippen molar-refractivity contribution in [2.45, 2.75) is 19.3 Å². The van der Waals surface area contributed by atoms with E-state index >= 15 is 0 Å². The van der Waals surface area contributed by atoms with Crippen molar-refractivity contribution in [1.29, 1.82) is 0 Å². The predicted octanol–water partition coefficient (Wildman–Crippen LogP) is 2.24. The van der Waals surface area contributed by atoms with Gasteiger partial charge in [0.25, 0.3) is 0 Å². The van der Waals surface area contributed by atoms with Crippen LogP contribution in [0.4, 0.5) is 0 Å². The Morgan fingerprint density at radius 2 is 2.33 bits per heavy atom. The molecule has 0 radical (unpaired) electrons. The van der Waals surface area contributed by atoms with E-state index in [1.807, 2.05) is 6.07 Å². The maximum atomic E-state index is 4.24. The van der Waals surface area contributed by atoms with Crippen LogP contribution in [0, 0.1) is 5.92 Å². The van der Waals surface area contributed by atoms with Crippen LogP contribution < -0.4 is 0 Å². The van der Waals surface area contributed by atoms with Gasteiger partial charge in [0.05, 0.1) is 5.69 Å². The summed E-state index contributed by atoms with van der Waals surface area (Å²) in [6, 6.07) is 2.03. The van der Waals surface area contributed by atoms with Crippen molar-refractivity contribution in [3.8, 4) is 0 Å². The molecule has 2 rings (SSSR count). The first-order chi connectivity index (χ1) is 5.81. The molecule has 0 amide bonds. The maximum Gasteiger partial charge on any atom is 0.116 e. The maximum absolute atomic E-state index is 4.24. The molecule has 1 aliphatic carbocycles. The van der Waals surface area contributed by atoms with E-state index in [9.17, 15) is 0 Å². The lowest BCUT2D eigenvalue weighted by atomic mass is 10.2. The molecule has 0 aliphatic heterocycles. The lowest BCUT2D eigenvalue weighted by molar-refractivity contribution is 0.875. The van der Waals surface area contributed by atoms with E-state index in [-0.39, 0.29) is 0 Å². The summed E-state index contributed by atoms with van der Waals surface area (Å²) in [6.45, 7) is 5.93. The molecule has 1 fully saturated rings. The zero-order valence-corrected chi connectivity index (χ0v) is 7.20. The van der Waals surface area contributed by atoms with Gasteiger partial charge in [-0.05, 0) is 24.5 Å². The van der Waals surface area contributed by atoms with Crippen LogP contribution in [-0.2, 0) is 0 Å². The van der Waals surface area contributed by atoms with Gasteiger partial charge in [0.2, 0.25) is 0 Å².